The number of hydrogen-bond donors (Lipinski definition) is 1. The second kappa shape index (κ2) is 10.4. The summed E-state index contributed by atoms with van der Waals surface area (Å²) in [6, 6.07) is 12.9. The number of amides is 1. The predicted molar refractivity (Wildman–Crippen MR) is 117 cm³/mol. The molecule has 162 valence electrons. The molecule has 8 nitrogen and oxygen atoms in total. The first-order valence-corrected chi connectivity index (χ1v) is 10.2. The van der Waals surface area contributed by atoms with Crippen molar-refractivity contribution in [2.75, 3.05) is 33.3 Å². The summed E-state index contributed by atoms with van der Waals surface area (Å²) < 4.78 is 20.9. The Morgan fingerprint density at radius 3 is 2.29 bits per heavy atom. The molecule has 0 spiro atoms. The molecule has 1 heterocycles. The van der Waals surface area contributed by atoms with Gasteiger partial charge in [-0.15, -0.1) is 11.3 Å². The molecule has 0 aliphatic rings. The summed E-state index contributed by atoms with van der Waals surface area (Å²) in [5, 5.41) is 4.92. The van der Waals surface area contributed by atoms with Crippen LogP contribution in [0.2, 0.25) is 0 Å². The van der Waals surface area contributed by atoms with E-state index in [-0.39, 0.29) is 6.42 Å². The van der Waals surface area contributed by atoms with E-state index < -0.39 is 18.5 Å². The fourth-order valence-electron chi connectivity index (χ4n) is 2.83. The summed E-state index contributed by atoms with van der Waals surface area (Å²) in [5.74, 6) is 0.265. The van der Waals surface area contributed by atoms with Crippen LogP contribution in [0.5, 0.6) is 17.2 Å². The second-order valence-electron chi connectivity index (χ2n) is 6.32. The molecule has 1 aromatic heterocycles. The maximum Gasteiger partial charge on any atom is 0.310 e. The minimum Gasteiger partial charge on any atom is -0.493 e. The number of thiazole rings is 1. The average molecular weight is 442 g/mol. The molecule has 0 aliphatic carbocycles. The van der Waals surface area contributed by atoms with Gasteiger partial charge in [-0.1, -0.05) is 30.3 Å². The van der Waals surface area contributed by atoms with E-state index in [4.69, 9.17) is 18.9 Å². The van der Waals surface area contributed by atoms with Gasteiger partial charge in [-0.25, -0.2) is 4.98 Å². The van der Waals surface area contributed by atoms with Crippen LogP contribution in [0.1, 0.15) is 5.56 Å². The molecule has 0 radical (unpaired) electrons. The first-order chi connectivity index (χ1) is 15.0. The Hall–Kier alpha value is -3.59. The average Bonchev–Trinajstić information content (AvgIpc) is 3.26. The maximum absolute atomic E-state index is 12.2. The highest BCUT2D eigenvalue weighted by Gasteiger charge is 2.16. The van der Waals surface area contributed by atoms with Crippen LogP contribution in [0.15, 0.2) is 47.8 Å². The molecular weight excluding hydrogens is 420 g/mol. The van der Waals surface area contributed by atoms with E-state index in [0.29, 0.717) is 27.9 Å². The fourth-order valence-corrected chi connectivity index (χ4v) is 3.57. The quantitative estimate of drug-likeness (QED) is 0.506. The molecule has 0 bridgehead atoms. The molecule has 9 heteroatoms. The van der Waals surface area contributed by atoms with Gasteiger partial charge in [0.2, 0.25) is 5.75 Å². The molecule has 2 aromatic carbocycles. The zero-order chi connectivity index (χ0) is 22.2. The van der Waals surface area contributed by atoms with Crippen LogP contribution in [0.3, 0.4) is 0 Å². The number of benzene rings is 2. The number of carbonyl (C=O) groups excluding carboxylic acids is 2. The van der Waals surface area contributed by atoms with Crippen molar-refractivity contribution in [3.05, 3.63) is 53.4 Å². The molecule has 1 N–H and O–H groups in total. The van der Waals surface area contributed by atoms with Gasteiger partial charge in [0, 0.05) is 10.9 Å². The minimum atomic E-state index is -0.562. The van der Waals surface area contributed by atoms with E-state index in [9.17, 15) is 9.59 Å². The Morgan fingerprint density at radius 2 is 1.68 bits per heavy atom. The summed E-state index contributed by atoms with van der Waals surface area (Å²) in [7, 11) is 4.48. The second-order valence-corrected chi connectivity index (χ2v) is 7.18. The smallest absolute Gasteiger partial charge is 0.310 e. The maximum atomic E-state index is 12.2. The number of nitrogens with zero attached hydrogens (tertiary/aromatic N) is 1. The number of nitrogens with one attached hydrogen (secondary N) is 1. The van der Waals surface area contributed by atoms with Gasteiger partial charge in [0.25, 0.3) is 5.91 Å². The Labute approximate surface area is 183 Å². The third kappa shape index (κ3) is 5.73. The number of rotatable bonds is 9. The van der Waals surface area contributed by atoms with E-state index in [1.807, 2.05) is 35.7 Å². The van der Waals surface area contributed by atoms with E-state index in [1.165, 1.54) is 32.7 Å². The minimum absolute atomic E-state index is 0.0561. The lowest BCUT2D eigenvalue weighted by Crippen LogP contribution is -2.21. The normalized spacial score (nSPS) is 10.3. The Morgan fingerprint density at radius 1 is 1.00 bits per heavy atom. The van der Waals surface area contributed by atoms with E-state index in [0.717, 1.165) is 11.3 Å². The Bertz CT molecular complexity index is 1030. The van der Waals surface area contributed by atoms with Gasteiger partial charge >= 0.3 is 5.97 Å². The highest BCUT2D eigenvalue weighted by molar-refractivity contribution is 7.14. The summed E-state index contributed by atoms with van der Waals surface area (Å²) >= 11 is 1.30. The molecule has 0 fully saturated rings. The highest BCUT2D eigenvalue weighted by atomic mass is 32.1. The lowest BCUT2D eigenvalue weighted by molar-refractivity contribution is -0.146. The molecule has 3 rings (SSSR count). The predicted octanol–water partition coefficient (Wildman–Crippen LogP) is 3.56. The van der Waals surface area contributed by atoms with Crippen molar-refractivity contribution in [1.29, 1.82) is 0 Å². The van der Waals surface area contributed by atoms with Gasteiger partial charge < -0.3 is 18.9 Å². The third-order valence-corrected chi connectivity index (χ3v) is 5.02. The fraction of sp³-hybridized carbons (Fsp3) is 0.227. The van der Waals surface area contributed by atoms with Gasteiger partial charge in [-0.2, -0.15) is 0 Å². The molecule has 0 atom stereocenters. The molecule has 0 aliphatic heterocycles. The highest BCUT2D eigenvalue weighted by Crippen LogP contribution is 2.38. The van der Waals surface area contributed by atoms with Crippen molar-refractivity contribution in [3.8, 4) is 28.5 Å². The number of esters is 1. The van der Waals surface area contributed by atoms with Crippen molar-refractivity contribution in [2.24, 2.45) is 0 Å². The van der Waals surface area contributed by atoms with Crippen LogP contribution < -0.4 is 19.5 Å². The molecule has 1 amide bonds. The molecular formula is C22H22N2O6S. The van der Waals surface area contributed by atoms with Crippen LogP contribution in [-0.4, -0.2) is 44.8 Å². The van der Waals surface area contributed by atoms with Crippen LogP contribution in [0.25, 0.3) is 11.3 Å². The van der Waals surface area contributed by atoms with Gasteiger partial charge in [0.1, 0.15) is 0 Å². The van der Waals surface area contributed by atoms with Crippen molar-refractivity contribution in [3.63, 3.8) is 0 Å². The van der Waals surface area contributed by atoms with Crippen LogP contribution in [0.4, 0.5) is 5.13 Å². The number of methoxy groups -OCH3 is 3. The summed E-state index contributed by atoms with van der Waals surface area (Å²) in [5.41, 5.74) is 2.32. The molecule has 0 saturated heterocycles. The van der Waals surface area contributed by atoms with Crippen molar-refractivity contribution < 1.29 is 28.5 Å². The molecule has 31 heavy (non-hydrogen) atoms. The van der Waals surface area contributed by atoms with E-state index in [1.54, 1.807) is 12.1 Å². The number of aromatic nitrogens is 1. The lowest BCUT2D eigenvalue weighted by atomic mass is 10.1. The third-order valence-electron chi connectivity index (χ3n) is 4.26. The standard InChI is InChI=1S/C22H22N2O6S/c1-27-17-9-14(10-18(28-2)21(17)29-3)11-20(26)30-12-19(25)24-22-23-16(13-31-22)15-7-5-4-6-8-15/h4-10,13H,11-12H2,1-3H3,(H,23,24,25). The summed E-state index contributed by atoms with van der Waals surface area (Å²) in [4.78, 5) is 28.7. The van der Waals surface area contributed by atoms with Crippen molar-refractivity contribution in [1.82, 2.24) is 4.98 Å². The SMILES string of the molecule is COc1cc(CC(=O)OCC(=O)Nc2nc(-c3ccccc3)cs2)cc(OC)c1OC. The van der Waals surface area contributed by atoms with E-state index >= 15 is 0 Å². The lowest BCUT2D eigenvalue weighted by Gasteiger charge is -2.14. The van der Waals surface area contributed by atoms with Crippen molar-refractivity contribution in [2.45, 2.75) is 6.42 Å². The largest absolute Gasteiger partial charge is 0.493 e. The van der Waals surface area contributed by atoms with E-state index in [2.05, 4.69) is 10.3 Å². The van der Waals surface area contributed by atoms with Gasteiger partial charge in [0.05, 0.1) is 33.4 Å². The Balaban J connectivity index is 1.54. The number of hydrogen-bond acceptors (Lipinski definition) is 8. The summed E-state index contributed by atoms with van der Waals surface area (Å²) in [6.45, 7) is -0.413. The van der Waals surface area contributed by atoms with Crippen LogP contribution in [0, 0.1) is 0 Å². The van der Waals surface area contributed by atoms with Gasteiger partial charge in [-0.3, -0.25) is 14.9 Å². The first kappa shape index (κ1) is 22.1. The number of carbonyl (C=O) groups is 2. The zero-order valence-electron chi connectivity index (χ0n) is 17.3. The van der Waals surface area contributed by atoms with Crippen LogP contribution >= 0.6 is 11.3 Å². The monoisotopic (exact) mass is 442 g/mol. The number of ether oxygens (including phenoxy) is 4. The molecule has 0 unspecified atom stereocenters. The van der Waals surface area contributed by atoms with Gasteiger partial charge in [0.15, 0.2) is 23.2 Å². The van der Waals surface area contributed by atoms with Crippen LogP contribution in [-0.2, 0) is 20.7 Å². The van der Waals surface area contributed by atoms with Crippen molar-refractivity contribution >= 4 is 28.3 Å². The Kier molecular flexibility index (Phi) is 7.45. The first-order valence-electron chi connectivity index (χ1n) is 9.29. The summed E-state index contributed by atoms with van der Waals surface area (Å²) in [6.07, 6.45) is -0.0561. The number of anilines is 1. The zero-order valence-corrected chi connectivity index (χ0v) is 18.2. The topological polar surface area (TPSA) is 96.0 Å². The molecule has 3 aromatic rings. The molecule has 0 saturated carbocycles. The van der Waals surface area contributed by atoms with Gasteiger partial charge in [-0.05, 0) is 17.7 Å².